The molecule has 0 saturated carbocycles. The molecule has 162 valence electrons. The smallest absolute Gasteiger partial charge is 0.203 e. The Morgan fingerprint density at radius 3 is 2.44 bits per heavy atom. The Morgan fingerprint density at radius 1 is 0.969 bits per heavy atom. The summed E-state index contributed by atoms with van der Waals surface area (Å²) in [4.78, 5) is 4.80. The minimum atomic E-state index is 0.0247. The van der Waals surface area contributed by atoms with Gasteiger partial charge in [0.1, 0.15) is 5.01 Å². The molecule has 5 aromatic rings. The summed E-state index contributed by atoms with van der Waals surface area (Å²) in [5.74, 6) is 0. The molecule has 0 unspecified atom stereocenters. The maximum Gasteiger partial charge on any atom is 0.203 e. The molecule has 0 spiro atoms. The van der Waals surface area contributed by atoms with Gasteiger partial charge in [0.15, 0.2) is 0 Å². The molecular weight excluding hydrogens is 416 g/mol. The number of aromatic nitrogens is 3. The number of hydrogen-bond acceptors (Lipinski definition) is 4. The quantitative estimate of drug-likeness (QED) is 0.371. The number of benzene rings is 3. The molecule has 2 heterocycles. The fraction of sp³-hybridized carbons (Fsp3) is 0.231. The van der Waals surface area contributed by atoms with E-state index in [2.05, 4.69) is 58.5 Å². The lowest BCUT2D eigenvalue weighted by Crippen LogP contribution is -2.31. The summed E-state index contributed by atoms with van der Waals surface area (Å²) < 4.78 is 11.0. The van der Waals surface area contributed by atoms with Gasteiger partial charge in [-0.1, -0.05) is 54.1 Å². The molecule has 0 aliphatic rings. The second kappa shape index (κ2) is 8.73. The van der Waals surface area contributed by atoms with Gasteiger partial charge in [-0.2, -0.15) is 0 Å². The fourth-order valence-electron chi connectivity index (χ4n) is 4.32. The SMILES string of the molecule is COC[C@H](Cc1ccc(C)cc1)n1c(=N)n(Cc2nc3ccccc3s2)c2ccccc21. The van der Waals surface area contributed by atoms with Gasteiger partial charge in [-0.15, -0.1) is 11.3 Å². The van der Waals surface area contributed by atoms with E-state index in [1.54, 1.807) is 18.4 Å². The predicted octanol–water partition coefficient (Wildman–Crippen LogP) is 5.32. The molecule has 3 aromatic carbocycles. The second-order valence-corrected chi connectivity index (χ2v) is 9.26. The molecule has 0 aliphatic heterocycles. The average molecular weight is 443 g/mol. The van der Waals surface area contributed by atoms with Crippen LogP contribution in [0.4, 0.5) is 0 Å². The van der Waals surface area contributed by atoms with E-state index in [-0.39, 0.29) is 6.04 Å². The Kier molecular flexibility index (Phi) is 5.64. The van der Waals surface area contributed by atoms with E-state index in [1.165, 1.54) is 15.8 Å². The van der Waals surface area contributed by atoms with Gasteiger partial charge in [-0.05, 0) is 43.2 Å². The molecule has 0 aliphatic carbocycles. The van der Waals surface area contributed by atoms with Crippen molar-refractivity contribution in [2.45, 2.75) is 25.9 Å². The first-order valence-electron chi connectivity index (χ1n) is 10.8. The fourth-order valence-corrected chi connectivity index (χ4v) is 5.28. The van der Waals surface area contributed by atoms with Crippen molar-refractivity contribution in [3.05, 3.63) is 94.5 Å². The Balaban J connectivity index is 1.58. The maximum atomic E-state index is 9.11. The van der Waals surface area contributed by atoms with E-state index in [0.29, 0.717) is 18.8 Å². The van der Waals surface area contributed by atoms with Gasteiger partial charge in [0.25, 0.3) is 0 Å². The Labute approximate surface area is 191 Å². The van der Waals surface area contributed by atoms with Crippen LogP contribution in [0.3, 0.4) is 0 Å². The third-order valence-corrected chi connectivity index (χ3v) is 6.88. The van der Waals surface area contributed by atoms with Crippen molar-refractivity contribution in [3.8, 4) is 0 Å². The molecule has 5 rings (SSSR count). The number of para-hydroxylation sites is 3. The third kappa shape index (κ3) is 3.87. The number of methoxy groups -OCH3 is 1. The first kappa shape index (κ1) is 20.7. The number of nitrogens with one attached hydrogen (secondary N) is 1. The van der Waals surface area contributed by atoms with Gasteiger partial charge >= 0.3 is 0 Å². The van der Waals surface area contributed by atoms with Crippen molar-refractivity contribution in [3.63, 3.8) is 0 Å². The number of thiazole rings is 1. The van der Waals surface area contributed by atoms with Crippen LogP contribution in [0, 0.1) is 12.3 Å². The van der Waals surface area contributed by atoms with E-state index < -0.39 is 0 Å². The number of imidazole rings is 1. The van der Waals surface area contributed by atoms with E-state index >= 15 is 0 Å². The van der Waals surface area contributed by atoms with Crippen LogP contribution in [-0.2, 0) is 17.7 Å². The molecule has 1 N–H and O–H groups in total. The van der Waals surface area contributed by atoms with Gasteiger partial charge in [0.05, 0.1) is 40.4 Å². The van der Waals surface area contributed by atoms with Crippen LogP contribution in [0.5, 0.6) is 0 Å². The van der Waals surface area contributed by atoms with E-state index in [9.17, 15) is 0 Å². The number of ether oxygens (including phenoxy) is 1. The Morgan fingerprint density at radius 2 is 1.69 bits per heavy atom. The van der Waals surface area contributed by atoms with Crippen molar-refractivity contribution < 1.29 is 4.74 Å². The normalized spacial score (nSPS) is 12.6. The first-order chi connectivity index (χ1) is 15.6. The van der Waals surface area contributed by atoms with Crippen molar-refractivity contribution in [1.29, 1.82) is 5.41 Å². The molecule has 0 bridgehead atoms. The van der Waals surface area contributed by atoms with Crippen LogP contribution in [-0.4, -0.2) is 27.8 Å². The number of hydrogen-bond donors (Lipinski definition) is 1. The highest BCUT2D eigenvalue weighted by molar-refractivity contribution is 7.18. The zero-order valence-electron chi connectivity index (χ0n) is 18.3. The van der Waals surface area contributed by atoms with Gasteiger partial charge in [-0.3, -0.25) is 5.41 Å². The minimum Gasteiger partial charge on any atom is -0.383 e. The van der Waals surface area contributed by atoms with Gasteiger partial charge in [0, 0.05) is 7.11 Å². The summed E-state index contributed by atoms with van der Waals surface area (Å²) in [6.45, 7) is 3.22. The van der Waals surface area contributed by atoms with Crippen LogP contribution in [0.2, 0.25) is 0 Å². The monoisotopic (exact) mass is 442 g/mol. The minimum absolute atomic E-state index is 0.0247. The highest BCUT2D eigenvalue weighted by Gasteiger charge is 2.20. The topological polar surface area (TPSA) is 55.8 Å². The van der Waals surface area contributed by atoms with Crippen LogP contribution in [0.25, 0.3) is 21.3 Å². The predicted molar refractivity (Wildman–Crippen MR) is 130 cm³/mol. The highest BCUT2D eigenvalue weighted by atomic mass is 32.1. The summed E-state index contributed by atoms with van der Waals surface area (Å²) in [6.07, 6.45) is 0.805. The maximum absolute atomic E-state index is 9.11. The summed E-state index contributed by atoms with van der Waals surface area (Å²) >= 11 is 1.69. The number of nitrogens with zero attached hydrogens (tertiary/aromatic N) is 3. The molecule has 0 radical (unpaired) electrons. The molecule has 0 fully saturated rings. The summed E-state index contributed by atoms with van der Waals surface area (Å²) in [5.41, 5.74) is 6.07. The van der Waals surface area contributed by atoms with Crippen LogP contribution in [0.15, 0.2) is 72.8 Å². The molecular formula is C26H26N4OS. The lowest BCUT2D eigenvalue weighted by atomic mass is 10.0. The van der Waals surface area contributed by atoms with Crippen molar-refractivity contribution >= 4 is 32.6 Å². The molecule has 1 atom stereocenters. The molecule has 32 heavy (non-hydrogen) atoms. The number of rotatable bonds is 7. The van der Waals surface area contributed by atoms with Crippen molar-refractivity contribution in [2.24, 2.45) is 0 Å². The van der Waals surface area contributed by atoms with Crippen LogP contribution < -0.4 is 5.62 Å². The standard InChI is InChI=1S/C26H26N4OS/c1-18-11-13-19(14-12-18)15-20(17-31-2)30-23-9-5-4-8-22(23)29(26(30)27)16-25-28-21-7-3-6-10-24(21)32-25/h3-14,20,27H,15-17H2,1-2H3/t20-/m0/s1. The number of aryl methyl sites for hydroxylation is 1. The molecule has 6 heteroatoms. The lowest BCUT2D eigenvalue weighted by molar-refractivity contribution is 0.154. The zero-order valence-corrected chi connectivity index (χ0v) is 19.1. The second-order valence-electron chi connectivity index (χ2n) is 8.14. The van der Waals surface area contributed by atoms with E-state index in [1.807, 2.05) is 30.3 Å². The van der Waals surface area contributed by atoms with Crippen molar-refractivity contribution in [1.82, 2.24) is 14.1 Å². The van der Waals surface area contributed by atoms with E-state index in [0.717, 1.165) is 28.0 Å². The largest absolute Gasteiger partial charge is 0.383 e. The first-order valence-corrected chi connectivity index (χ1v) is 11.6. The summed E-state index contributed by atoms with van der Waals surface area (Å²) in [6, 6.07) is 25.1. The lowest BCUT2D eigenvalue weighted by Gasteiger charge is -2.19. The van der Waals surface area contributed by atoms with Crippen LogP contribution >= 0.6 is 11.3 Å². The number of fused-ring (bicyclic) bond motifs is 2. The zero-order chi connectivity index (χ0) is 22.1. The van der Waals surface area contributed by atoms with Gasteiger partial charge in [-0.25, -0.2) is 4.98 Å². The molecule has 0 saturated heterocycles. The van der Waals surface area contributed by atoms with Crippen molar-refractivity contribution in [2.75, 3.05) is 13.7 Å². The van der Waals surface area contributed by atoms with Gasteiger partial charge in [0.2, 0.25) is 5.62 Å². The highest BCUT2D eigenvalue weighted by Crippen LogP contribution is 2.25. The summed E-state index contributed by atoms with van der Waals surface area (Å²) in [7, 11) is 1.73. The van der Waals surface area contributed by atoms with Gasteiger partial charge < -0.3 is 13.9 Å². The van der Waals surface area contributed by atoms with E-state index in [4.69, 9.17) is 15.1 Å². The Hall–Kier alpha value is -3.22. The molecule has 0 amide bonds. The Bertz CT molecular complexity index is 1400. The third-order valence-electron chi connectivity index (χ3n) is 5.86. The molecule has 2 aromatic heterocycles. The molecule has 5 nitrogen and oxygen atoms in total. The summed E-state index contributed by atoms with van der Waals surface area (Å²) in [5, 5.41) is 10.1. The average Bonchev–Trinajstić information content (AvgIpc) is 3.34. The van der Waals surface area contributed by atoms with Crippen LogP contribution in [0.1, 0.15) is 22.2 Å².